The van der Waals surface area contributed by atoms with Crippen LogP contribution < -0.4 is 5.73 Å². The number of hydrogen-bond acceptors (Lipinski definition) is 3. The summed E-state index contributed by atoms with van der Waals surface area (Å²) in [6, 6.07) is 0. The summed E-state index contributed by atoms with van der Waals surface area (Å²) >= 11 is 0. The molecular formula is C12H21NO2. The van der Waals surface area contributed by atoms with Crippen molar-refractivity contribution in [2.45, 2.75) is 49.7 Å². The number of rotatable bonds is 1. The van der Waals surface area contributed by atoms with Crippen molar-refractivity contribution >= 4 is 0 Å². The third-order valence-electron chi connectivity index (χ3n) is 5.08. The molecule has 2 saturated carbocycles. The number of aliphatic hydroxyl groups is 1. The smallest absolute Gasteiger partial charge is 0.0872 e. The van der Waals surface area contributed by atoms with Gasteiger partial charge in [-0.2, -0.15) is 0 Å². The van der Waals surface area contributed by atoms with Crippen LogP contribution in [0.2, 0.25) is 0 Å². The molecule has 3 unspecified atom stereocenters. The molecule has 15 heavy (non-hydrogen) atoms. The maximum atomic E-state index is 10.7. The Hall–Kier alpha value is -0.120. The van der Waals surface area contributed by atoms with Crippen LogP contribution in [0.15, 0.2) is 0 Å². The van der Waals surface area contributed by atoms with Gasteiger partial charge in [0.05, 0.1) is 5.60 Å². The fraction of sp³-hybridized carbons (Fsp3) is 1.00. The highest BCUT2D eigenvalue weighted by atomic mass is 16.5. The molecule has 0 amide bonds. The second-order valence-corrected chi connectivity index (χ2v) is 5.76. The second kappa shape index (κ2) is 3.19. The molecule has 1 aliphatic heterocycles. The largest absolute Gasteiger partial charge is 0.388 e. The van der Waals surface area contributed by atoms with E-state index in [2.05, 4.69) is 0 Å². The predicted molar refractivity (Wildman–Crippen MR) is 57.4 cm³/mol. The average Bonchev–Trinajstić information content (AvgIpc) is 2.79. The lowest BCUT2D eigenvalue weighted by atomic mass is 9.66. The van der Waals surface area contributed by atoms with Crippen LogP contribution >= 0.6 is 0 Å². The molecule has 0 aromatic carbocycles. The molecule has 0 spiro atoms. The second-order valence-electron chi connectivity index (χ2n) is 5.76. The van der Waals surface area contributed by atoms with E-state index in [9.17, 15) is 5.11 Å². The lowest BCUT2D eigenvalue weighted by Crippen LogP contribution is -2.65. The van der Waals surface area contributed by atoms with Crippen molar-refractivity contribution in [3.8, 4) is 0 Å². The first-order valence-electron chi connectivity index (χ1n) is 6.23. The average molecular weight is 211 g/mol. The number of nitrogens with two attached hydrogens (primary N) is 1. The van der Waals surface area contributed by atoms with Gasteiger partial charge >= 0.3 is 0 Å². The predicted octanol–water partition coefficient (Wildman–Crippen LogP) is 1.05. The molecule has 3 fully saturated rings. The van der Waals surface area contributed by atoms with Crippen LogP contribution in [-0.2, 0) is 4.74 Å². The van der Waals surface area contributed by atoms with Crippen molar-refractivity contribution in [1.29, 1.82) is 0 Å². The third kappa shape index (κ3) is 1.30. The molecule has 3 heteroatoms. The van der Waals surface area contributed by atoms with Crippen LogP contribution in [0.1, 0.15) is 38.5 Å². The van der Waals surface area contributed by atoms with Crippen LogP contribution in [0, 0.1) is 11.8 Å². The van der Waals surface area contributed by atoms with Gasteiger partial charge in [0.2, 0.25) is 0 Å². The summed E-state index contributed by atoms with van der Waals surface area (Å²) in [4.78, 5) is 0. The third-order valence-corrected chi connectivity index (χ3v) is 5.08. The molecule has 86 valence electrons. The Morgan fingerprint density at radius 3 is 2.47 bits per heavy atom. The molecule has 0 aromatic heterocycles. The quantitative estimate of drug-likeness (QED) is 0.681. The summed E-state index contributed by atoms with van der Waals surface area (Å²) in [7, 11) is 0. The molecule has 1 saturated heterocycles. The summed E-state index contributed by atoms with van der Waals surface area (Å²) in [5.41, 5.74) is 5.59. The Labute approximate surface area is 91.0 Å². The van der Waals surface area contributed by atoms with Crippen LogP contribution in [0.25, 0.3) is 0 Å². The molecule has 3 atom stereocenters. The minimum Gasteiger partial charge on any atom is -0.388 e. The van der Waals surface area contributed by atoms with Gasteiger partial charge in [-0.15, -0.1) is 0 Å². The fourth-order valence-corrected chi connectivity index (χ4v) is 4.12. The summed E-state index contributed by atoms with van der Waals surface area (Å²) < 4.78 is 5.33. The SMILES string of the molecule is NC1(C2(O)CCOCC2)CC2CCC1C2. The van der Waals surface area contributed by atoms with Crippen molar-refractivity contribution in [2.24, 2.45) is 17.6 Å². The Morgan fingerprint density at radius 2 is 1.93 bits per heavy atom. The lowest BCUT2D eigenvalue weighted by Gasteiger charge is -2.49. The fourth-order valence-electron chi connectivity index (χ4n) is 4.12. The van der Waals surface area contributed by atoms with E-state index in [-0.39, 0.29) is 5.54 Å². The molecule has 3 nitrogen and oxygen atoms in total. The first-order chi connectivity index (χ1) is 7.14. The van der Waals surface area contributed by atoms with Gasteiger partial charge in [0, 0.05) is 31.6 Å². The Balaban J connectivity index is 1.85. The molecule has 2 bridgehead atoms. The highest BCUT2D eigenvalue weighted by molar-refractivity contribution is 5.15. The first kappa shape index (κ1) is 10.1. The maximum absolute atomic E-state index is 10.7. The zero-order valence-corrected chi connectivity index (χ0v) is 9.24. The molecule has 3 aliphatic rings. The van der Waals surface area contributed by atoms with Gasteiger partial charge in [0.1, 0.15) is 0 Å². The molecule has 2 aliphatic carbocycles. The van der Waals surface area contributed by atoms with Crippen molar-refractivity contribution in [1.82, 2.24) is 0 Å². The van der Waals surface area contributed by atoms with E-state index in [1.54, 1.807) is 0 Å². The topological polar surface area (TPSA) is 55.5 Å². The summed E-state index contributed by atoms with van der Waals surface area (Å²) in [5.74, 6) is 1.34. The Bertz CT molecular complexity index is 262. The monoisotopic (exact) mass is 211 g/mol. The molecule has 0 aromatic rings. The maximum Gasteiger partial charge on any atom is 0.0872 e. The minimum absolute atomic E-state index is 0.306. The van der Waals surface area contributed by atoms with Crippen LogP contribution in [0.3, 0.4) is 0 Å². The van der Waals surface area contributed by atoms with Gasteiger partial charge in [-0.3, -0.25) is 0 Å². The van der Waals surface area contributed by atoms with E-state index in [1.165, 1.54) is 19.3 Å². The standard InChI is InChI=1S/C12H21NO2/c13-12(8-9-1-2-10(12)7-9)11(14)3-5-15-6-4-11/h9-10,14H,1-8,13H2. The Morgan fingerprint density at radius 1 is 1.20 bits per heavy atom. The highest BCUT2D eigenvalue weighted by Gasteiger charge is 2.59. The van der Waals surface area contributed by atoms with Crippen molar-refractivity contribution in [3.05, 3.63) is 0 Å². The lowest BCUT2D eigenvalue weighted by molar-refractivity contribution is -0.124. The molecule has 0 radical (unpaired) electrons. The summed E-state index contributed by atoms with van der Waals surface area (Å²) in [6.45, 7) is 1.35. The van der Waals surface area contributed by atoms with E-state index < -0.39 is 5.60 Å². The number of hydrogen-bond donors (Lipinski definition) is 2. The minimum atomic E-state index is -0.648. The van der Waals surface area contributed by atoms with Gasteiger partial charge in [-0.05, 0) is 31.1 Å². The van der Waals surface area contributed by atoms with Crippen LogP contribution in [0.5, 0.6) is 0 Å². The zero-order valence-electron chi connectivity index (χ0n) is 9.24. The van der Waals surface area contributed by atoms with E-state index in [0.29, 0.717) is 19.1 Å². The molecule has 3 rings (SSSR count). The van der Waals surface area contributed by atoms with Gasteiger partial charge in [0.15, 0.2) is 0 Å². The summed E-state index contributed by atoms with van der Waals surface area (Å²) in [6.07, 6.45) is 6.30. The van der Waals surface area contributed by atoms with Crippen LogP contribution in [-0.4, -0.2) is 29.5 Å². The first-order valence-corrected chi connectivity index (χ1v) is 6.23. The van der Waals surface area contributed by atoms with Crippen molar-refractivity contribution in [2.75, 3.05) is 13.2 Å². The van der Waals surface area contributed by atoms with Crippen molar-refractivity contribution in [3.63, 3.8) is 0 Å². The summed E-state index contributed by atoms with van der Waals surface area (Å²) in [5, 5.41) is 10.7. The van der Waals surface area contributed by atoms with Crippen LogP contribution in [0.4, 0.5) is 0 Å². The van der Waals surface area contributed by atoms with Crippen molar-refractivity contribution < 1.29 is 9.84 Å². The Kier molecular flexibility index (Phi) is 2.14. The molecule has 3 N–H and O–H groups in total. The highest BCUT2D eigenvalue weighted by Crippen LogP contribution is 2.55. The van der Waals surface area contributed by atoms with Gasteiger partial charge < -0.3 is 15.6 Å². The van der Waals surface area contributed by atoms with Gasteiger partial charge in [-0.1, -0.05) is 6.42 Å². The van der Waals surface area contributed by atoms with E-state index in [4.69, 9.17) is 10.5 Å². The zero-order chi connectivity index (χ0) is 10.5. The molecule has 1 heterocycles. The number of fused-ring (bicyclic) bond motifs is 2. The van der Waals surface area contributed by atoms with E-state index in [1.807, 2.05) is 0 Å². The van der Waals surface area contributed by atoms with Gasteiger partial charge in [0.25, 0.3) is 0 Å². The van der Waals surface area contributed by atoms with Gasteiger partial charge in [-0.25, -0.2) is 0 Å². The van der Waals surface area contributed by atoms with E-state index >= 15 is 0 Å². The number of ether oxygens (including phenoxy) is 1. The molecular weight excluding hydrogens is 190 g/mol. The van der Waals surface area contributed by atoms with E-state index in [0.717, 1.165) is 25.2 Å². The normalized spacial score (nSPS) is 48.4.